The molecule has 0 radical (unpaired) electrons. The van der Waals surface area contributed by atoms with Crippen LogP contribution in [0.25, 0.3) is 33.4 Å². The van der Waals surface area contributed by atoms with E-state index >= 15 is 0 Å². The van der Waals surface area contributed by atoms with Crippen molar-refractivity contribution in [3.63, 3.8) is 0 Å². The number of likely N-dealkylation sites (N-methyl/N-ethyl adjacent to an activating group) is 2. The maximum atomic E-state index is 14.7. The molecule has 0 spiro atoms. The fourth-order valence-corrected chi connectivity index (χ4v) is 10.7. The number of carbonyl (C=O) groups is 4. The van der Waals surface area contributed by atoms with Crippen LogP contribution in [0.2, 0.25) is 0 Å². The van der Waals surface area contributed by atoms with Gasteiger partial charge in [0, 0.05) is 98.2 Å². The Bertz CT molecular complexity index is 2400. The van der Waals surface area contributed by atoms with Crippen molar-refractivity contribution in [2.45, 2.75) is 117 Å². The molecule has 3 aliphatic rings. The van der Waals surface area contributed by atoms with Crippen LogP contribution >= 0.6 is 11.3 Å². The van der Waals surface area contributed by atoms with Crippen LogP contribution in [0.1, 0.15) is 89.6 Å². The molecule has 6 bridgehead atoms. The molecule has 3 N–H and O–H groups in total. The third-order valence-corrected chi connectivity index (χ3v) is 13.9. The molecule has 2 saturated heterocycles. The largest absolute Gasteiger partial charge is 0.462 e. The molecule has 7 rings (SSSR count). The number of hydrazine groups is 1. The molecule has 352 valence electrons. The molecular weight excluding hydrogens is 847 g/mol. The molecule has 3 aliphatic heterocycles. The summed E-state index contributed by atoms with van der Waals surface area (Å²) in [6.07, 6.45) is 4.08. The number of carbonyl (C=O) groups excluding carboxylic acids is 4. The number of amides is 4. The lowest BCUT2D eigenvalue weighted by atomic mass is 9.84. The molecule has 3 aromatic heterocycles. The van der Waals surface area contributed by atoms with E-state index in [0.29, 0.717) is 37.5 Å². The first-order valence-corrected chi connectivity index (χ1v) is 23.8. The Morgan fingerprint density at radius 3 is 2.60 bits per heavy atom. The number of thiazole rings is 1. The Balaban J connectivity index is 1.29. The predicted octanol–water partition coefficient (Wildman–Crippen LogP) is 5.62. The number of nitrogens with zero attached hydrogens (tertiary/aromatic N) is 7. The Hall–Kier alpha value is -4.94. The average molecular weight is 914 g/mol. The van der Waals surface area contributed by atoms with Crippen molar-refractivity contribution in [2.24, 2.45) is 11.3 Å². The predicted molar refractivity (Wildman–Crippen MR) is 251 cm³/mol. The molecule has 4 amide bonds. The zero-order chi connectivity index (χ0) is 47.0. The number of cyclic esters (lactones) is 1. The number of aliphatic hydroxyl groups is 1. The van der Waals surface area contributed by atoms with Crippen molar-refractivity contribution in [2.75, 3.05) is 54.5 Å². The van der Waals surface area contributed by atoms with Crippen LogP contribution in [0.5, 0.6) is 0 Å². The van der Waals surface area contributed by atoms with Gasteiger partial charge in [0.25, 0.3) is 5.91 Å². The summed E-state index contributed by atoms with van der Waals surface area (Å²) in [5.41, 5.74) is 6.40. The summed E-state index contributed by atoms with van der Waals surface area (Å²) in [7, 11) is 7.28. The van der Waals surface area contributed by atoms with Gasteiger partial charge in [0.2, 0.25) is 11.6 Å². The number of likely N-dealkylation sites (tertiary alicyclic amines) is 1. The van der Waals surface area contributed by atoms with Gasteiger partial charge >= 0.3 is 12.0 Å². The first-order valence-electron chi connectivity index (χ1n) is 22.9. The Morgan fingerprint density at radius 2 is 1.89 bits per heavy atom. The van der Waals surface area contributed by atoms with Crippen molar-refractivity contribution in [1.29, 1.82) is 0 Å². The summed E-state index contributed by atoms with van der Waals surface area (Å²) < 4.78 is 14.1. The smallest absolute Gasteiger partial charge is 0.355 e. The molecule has 5 atom stereocenters. The topological polar surface area (TPSA) is 175 Å². The highest BCUT2D eigenvalue weighted by Gasteiger charge is 2.46. The number of aryl methyl sites for hydroxylation is 1. The van der Waals surface area contributed by atoms with E-state index in [-0.39, 0.29) is 50.1 Å². The molecule has 4 aromatic rings. The Morgan fingerprint density at radius 1 is 1.12 bits per heavy atom. The minimum Gasteiger partial charge on any atom is -0.462 e. The number of benzene rings is 1. The highest BCUT2D eigenvalue weighted by molar-refractivity contribution is 7.10. The number of esters is 1. The number of hydrogen-bond acceptors (Lipinski definition) is 12. The molecule has 0 saturated carbocycles. The number of hydrogen-bond donors (Lipinski definition) is 3. The summed E-state index contributed by atoms with van der Waals surface area (Å²) in [6.45, 7) is 14.0. The van der Waals surface area contributed by atoms with Crippen molar-refractivity contribution in [3.05, 3.63) is 58.2 Å². The van der Waals surface area contributed by atoms with Crippen LogP contribution in [0, 0.1) is 11.3 Å². The molecule has 0 unspecified atom stereocenters. The van der Waals surface area contributed by atoms with Gasteiger partial charge in [-0.15, -0.1) is 11.3 Å². The van der Waals surface area contributed by atoms with Crippen LogP contribution in [0.3, 0.4) is 0 Å². The summed E-state index contributed by atoms with van der Waals surface area (Å²) in [5.74, 6) is -2.24. The van der Waals surface area contributed by atoms with Crippen molar-refractivity contribution in [3.8, 4) is 22.5 Å². The maximum Gasteiger partial charge on any atom is 0.355 e. The monoisotopic (exact) mass is 913 g/mol. The van der Waals surface area contributed by atoms with E-state index in [0.717, 1.165) is 57.5 Å². The number of nitrogens with one attached hydrogen (secondary N) is 2. The fourth-order valence-electron chi connectivity index (χ4n) is 9.81. The van der Waals surface area contributed by atoms with E-state index in [1.54, 1.807) is 20.4 Å². The third kappa shape index (κ3) is 9.94. The second-order valence-electron chi connectivity index (χ2n) is 19.3. The van der Waals surface area contributed by atoms with Crippen molar-refractivity contribution < 1.29 is 33.8 Å². The maximum absolute atomic E-state index is 14.7. The van der Waals surface area contributed by atoms with E-state index in [1.807, 2.05) is 65.1 Å². The number of aromatic nitrogens is 3. The van der Waals surface area contributed by atoms with E-state index < -0.39 is 41.0 Å². The molecule has 65 heavy (non-hydrogen) atoms. The molecule has 2 fully saturated rings. The standard InChI is InChI=1S/C48H67N9O7S/c1-11-55-38-18-17-31-23-34(38)35(42(55)33-16-12-20-49-40(33)30(4)63-10)25-47(5,6)28-64-45(60)48(62)19-14-22-57(52-48)44(59)36(24-39-50-37(31)27-65-39)51-43(58)41(29(2)3)54(9)46(61)56-21-13-15-32(56)26-53(7)8/h12,16-18,20,23,27,29-30,32,36,41,52,62H,11,13-15,19,21-22,24-26,28H2,1-10H3,(H,51,58)/t30-,32-,36-,41-,48-/m0/s1. The Labute approximate surface area is 386 Å². The first kappa shape index (κ1) is 48.0. The number of methoxy groups -OCH3 is 1. The van der Waals surface area contributed by atoms with Crippen LogP contribution in [0.15, 0.2) is 41.9 Å². The normalized spacial score (nSPS) is 22.5. The first-order chi connectivity index (χ1) is 30.9. The zero-order valence-corrected chi connectivity index (χ0v) is 40.5. The van der Waals surface area contributed by atoms with Crippen LogP contribution < -0.4 is 10.7 Å². The average Bonchev–Trinajstić information content (AvgIpc) is 4.01. The fraction of sp³-hybridized carbons (Fsp3) is 0.583. The highest BCUT2D eigenvalue weighted by Crippen LogP contribution is 2.42. The van der Waals surface area contributed by atoms with E-state index in [4.69, 9.17) is 19.4 Å². The van der Waals surface area contributed by atoms with Gasteiger partial charge in [0.1, 0.15) is 12.1 Å². The van der Waals surface area contributed by atoms with Gasteiger partial charge in [-0.2, -0.15) is 5.43 Å². The van der Waals surface area contributed by atoms with Crippen LogP contribution in [0.4, 0.5) is 4.79 Å². The summed E-state index contributed by atoms with van der Waals surface area (Å²) >= 11 is 1.38. The third-order valence-electron chi connectivity index (χ3n) is 13.1. The van der Waals surface area contributed by atoms with Crippen LogP contribution in [-0.2, 0) is 43.2 Å². The molecule has 16 nitrogen and oxygen atoms in total. The van der Waals surface area contributed by atoms with Gasteiger partial charge in [-0.3, -0.25) is 19.6 Å². The van der Waals surface area contributed by atoms with Crippen molar-refractivity contribution in [1.82, 2.24) is 45.0 Å². The number of ether oxygens (including phenoxy) is 2. The SMILES string of the molecule is CCn1c(-c2cccnc2[C@H](C)OC)c2c3cc(ccc31)-c1csc(n1)C[C@H](NC(=O)[C@H](C(C)C)N(C)C(=O)N1CCC[C@H]1CN(C)C)C(=O)N1CCC[C@@](O)(N1)C(=O)OCC(C)(C)C2. The molecular formula is C48H67N9O7S. The molecule has 0 aliphatic carbocycles. The zero-order valence-electron chi connectivity index (χ0n) is 39.6. The highest BCUT2D eigenvalue weighted by atomic mass is 32.1. The molecule has 6 heterocycles. The minimum atomic E-state index is -2.20. The van der Waals surface area contributed by atoms with Crippen LogP contribution in [-0.4, -0.2) is 142 Å². The number of fused-ring (bicyclic) bond motifs is 6. The second-order valence-corrected chi connectivity index (χ2v) is 20.3. The molecule has 17 heteroatoms. The number of urea groups is 1. The lowest BCUT2D eigenvalue weighted by Crippen LogP contribution is -2.67. The lowest BCUT2D eigenvalue weighted by molar-refractivity contribution is -0.189. The van der Waals surface area contributed by atoms with Gasteiger partial charge in [-0.25, -0.2) is 14.6 Å². The lowest BCUT2D eigenvalue weighted by Gasteiger charge is -2.40. The van der Waals surface area contributed by atoms with E-state index in [1.165, 1.54) is 21.2 Å². The minimum absolute atomic E-state index is 0.00886. The van der Waals surface area contributed by atoms with E-state index in [9.17, 15) is 24.3 Å². The van der Waals surface area contributed by atoms with Crippen molar-refractivity contribution >= 4 is 46.1 Å². The van der Waals surface area contributed by atoms with E-state index in [2.05, 4.69) is 51.4 Å². The number of pyridine rings is 1. The quantitative estimate of drug-likeness (QED) is 0.169. The summed E-state index contributed by atoms with van der Waals surface area (Å²) in [4.78, 5) is 72.5. The Kier molecular flexibility index (Phi) is 14.4. The van der Waals surface area contributed by atoms with Gasteiger partial charge < -0.3 is 39.2 Å². The molecule has 1 aromatic carbocycles. The van der Waals surface area contributed by atoms with Gasteiger partial charge in [0.05, 0.1) is 34.8 Å². The van der Waals surface area contributed by atoms with Gasteiger partial charge in [-0.05, 0) is 89.4 Å². The second kappa shape index (κ2) is 19.5. The summed E-state index contributed by atoms with van der Waals surface area (Å²) in [6, 6.07) is 8.04. The summed E-state index contributed by atoms with van der Waals surface area (Å²) in [5, 5.41) is 19.7. The number of rotatable bonds is 10. The van der Waals surface area contributed by atoms with Gasteiger partial charge in [0.15, 0.2) is 0 Å². The van der Waals surface area contributed by atoms with Gasteiger partial charge in [-0.1, -0.05) is 33.8 Å².